The second kappa shape index (κ2) is 8.92. The molecule has 0 spiro atoms. The maximum Gasteiger partial charge on any atom is 0.255 e. The van der Waals surface area contributed by atoms with Crippen molar-refractivity contribution in [2.45, 2.75) is 20.8 Å². The van der Waals surface area contributed by atoms with Crippen molar-refractivity contribution in [1.82, 2.24) is 0 Å². The van der Waals surface area contributed by atoms with Gasteiger partial charge in [0.25, 0.3) is 5.91 Å². The van der Waals surface area contributed by atoms with Crippen LogP contribution in [0.3, 0.4) is 0 Å². The molecule has 0 aliphatic heterocycles. The van der Waals surface area contributed by atoms with Gasteiger partial charge in [-0.05, 0) is 48.7 Å². The number of carbonyl (C=O) groups is 1. The van der Waals surface area contributed by atoms with Crippen LogP contribution in [0.5, 0.6) is 11.5 Å². The summed E-state index contributed by atoms with van der Waals surface area (Å²) in [4.78, 5) is 12.6. The second-order valence-corrected chi connectivity index (χ2v) is 6.43. The molecule has 0 atom stereocenters. The average Bonchev–Trinajstić information content (AvgIpc) is 2.59. The highest BCUT2D eigenvalue weighted by Crippen LogP contribution is 2.25. The molecule has 4 nitrogen and oxygen atoms in total. The molecule has 2 aromatic carbocycles. The third-order valence-corrected chi connectivity index (χ3v) is 3.29. The molecule has 2 aromatic rings. The Morgan fingerprint density at radius 3 is 2.60 bits per heavy atom. The normalized spacial score (nSPS) is 10.4. The van der Waals surface area contributed by atoms with E-state index in [1.165, 1.54) is 0 Å². The molecule has 0 saturated carbocycles. The van der Waals surface area contributed by atoms with Gasteiger partial charge in [-0.2, -0.15) is 0 Å². The standard InChI is InChI=1S/C21H25NO3/c1-15(2)13-24-18-9-7-8-17(12-18)21(23)22-19-10-5-6-11-20(19)25-14-16(3)4/h5-12,15H,3,13-14H2,1-2,4H3,(H,22,23). The number of hydrogen-bond donors (Lipinski definition) is 1. The largest absolute Gasteiger partial charge is 0.493 e. The molecule has 0 aliphatic carbocycles. The Morgan fingerprint density at radius 2 is 1.88 bits per heavy atom. The van der Waals surface area contributed by atoms with Gasteiger partial charge in [-0.3, -0.25) is 4.79 Å². The minimum absolute atomic E-state index is 0.207. The molecule has 1 amide bonds. The summed E-state index contributed by atoms with van der Waals surface area (Å²) in [6.07, 6.45) is 0. The zero-order valence-corrected chi connectivity index (χ0v) is 15.0. The Hall–Kier alpha value is -2.75. The maximum absolute atomic E-state index is 12.6. The predicted octanol–water partition coefficient (Wildman–Crippen LogP) is 4.93. The Kier molecular flexibility index (Phi) is 6.63. The number of para-hydroxylation sites is 2. The molecule has 2 rings (SSSR count). The first-order chi connectivity index (χ1) is 12.0. The second-order valence-electron chi connectivity index (χ2n) is 6.43. The van der Waals surface area contributed by atoms with Crippen LogP contribution in [-0.2, 0) is 0 Å². The number of benzene rings is 2. The van der Waals surface area contributed by atoms with Crippen LogP contribution in [0.2, 0.25) is 0 Å². The Labute approximate surface area is 149 Å². The van der Waals surface area contributed by atoms with Gasteiger partial charge in [0.15, 0.2) is 0 Å². The quantitative estimate of drug-likeness (QED) is 0.694. The van der Waals surface area contributed by atoms with E-state index in [0.29, 0.717) is 41.9 Å². The van der Waals surface area contributed by atoms with E-state index in [2.05, 4.69) is 25.7 Å². The first kappa shape index (κ1) is 18.6. The van der Waals surface area contributed by atoms with Crippen LogP contribution >= 0.6 is 0 Å². The summed E-state index contributed by atoms with van der Waals surface area (Å²) in [5, 5.41) is 2.89. The van der Waals surface area contributed by atoms with Crippen LogP contribution < -0.4 is 14.8 Å². The van der Waals surface area contributed by atoms with E-state index in [1.807, 2.05) is 43.3 Å². The molecule has 1 N–H and O–H groups in total. The highest BCUT2D eigenvalue weighted by atomic mass is 16.5. The lowest BCUT2D eigenvalue weighted by atomic mass is 10.2. The summed E-state index contributed by atoms with van der Waals surface area (Å²) in [6, 6.07) is 14.5. The molecule has 132 valence electrons. The van der Waals surface area contributed by atoms with Crippen molar-refractivity contribution in [2.24, 2.45) is 5.92 Å². The van der Waals surface area contributed by atoms with E-state index >= 15 is 0 Å². The first-order valence-corrected chi connectivity index (χ1v) is 8.36. The molecule has 0 aliphatic rings. The maximum atomic E-state index is 12.6. The zero-order valence-electron chi connectivity index (χ0n) is 15.0. The third-order valence-electron chi connectivity index (χ3n) is 3.29. The number of carbonyl (C=O) groups excluding carboxylic acids is 1. The lowest BCUT2D eigenvalue weighted by Gasteiger charge is -2.13. The molecule has 0 unspecified atom stereocenters. The Morgan fingerprint density at radius 1 is 1.12 bits per heavy atom. The summed E-state index contributed by atoms with van der Waals surface area (Å²) in [6.45, 7) is 10.9. The minimum atomic E-state index is -0.207. The number of rotatable bonds is 8. The summed E-state index contributed by atoms with van der Waals surface area (Å²) in [5.41, 5.74) is 2.08. The van der Waals surface area contributed by atoms with Crippen LogP contribution in [0.25, 0.3) is 0 Å². The first-order valence-electron chi connectivity index (χ1n) is 8.36. The van der Waals surface area contributed by atoms with Gasteiger partial charge in [-0.1, -0.05) is 38.6 Å². The number of anilines is 1. The molecule has 0 aromatic heterocycles. The van der Waals surface area contributed by atoms with E-state index in [9.17, 15) is 4.79 Å². The number of amides is 1. The molecule has 0 heterocycles. The highest BCUT2D eigenvalue weighted by Gasteiger charge is 2.11. The van der Waals surface area contributed by atoms with Gasteiger partial charge >= 0.3 is 0 Å². The van der Waals surface area contributed by atoms with E-state index in [0.717, 1.165) is 5.57 Å². The molecule has 0 radical (unpaired) electrons. The topological polar surface area (TPSA) is 47.6 Å². The molecular weight excluding hydrogens is 314 g/mol. The van der Waals surface area contributed by atoms with Gasteiger partial charge in [-0.15, -0.1) is 0 Å². The summed E-state index contributed by atoms with van der Waals surface area (Å²) in [7, 11) is 0. The smallest absolute Gasteiger partial charge is 0.255 e. The average molecular weight is 339 g/mol. The molecule has 0 bridgehead atoms. The van der Waals surface area contributed by atoms with Gasteiger partial charge in [-0.25, -0.2) is 0 Å². The Bertz CT molecular complexity index is 737. The molecule has 4 heteroatoms. The van der Waals surface area contributed by atoms with Crippen LogP contribution in [0.1, 0.15) is 31.1 Å². The van der Waals surface area contributed by atoms with Crippen molar-refractivity contribution in [2.75, 3.05) is 18.5 Å². The fourth-order valence-corrected chi connectivity index (χ4v) is 2.08. The van der Waals surface area contributed by atoms with E-state index in [-0.39, 0.29) is 5.91 Å². The van der Waals surface area contributed by atoms with Crippen molar-refractivity contribution in [3.05, 3.63) is 66.2 Å². The summed E-state index contributed by atoms with van der Waals surface area (Å²) >= 11 is 0. The summed E-state index contributed by atoms with van der Waals surface area (Å²) in [5.74, 6) is 1.52. The minimum Gasteiger partial charge on any atom is -0.493 e. The fourth-order valence-electron chi connectivity index (χ4n) is 2.08. The van der Waals surface area contributed by atoms with Gasteiger partial charge in [0.1, 0.15) is 18.1 Å². The van der Waals surface area contributed by atoms with Crippen molar-refractivity contribution in [3.63, 3.8) is 0 Å². The van der Waals surface area contributed by atoms with Crippen LogP contribution in [0, 0.1) is 5.92 Å². The predicted molar refractivity (Wildman–Crippen MR) is 101 cm³/mol. The van der Waals surface area contributed by atoms with Gasteiger partial charge in [0.2, 0.25) is 0 Å². The van der Waals surface area contributed by atoms with Crippen molar-refractivity contribution in [3.8, 4) is 11.5 Å². The van der Waals surface area contributed by atoms with Crippen molar-refractivity contribution < 1.29 is 14.3 Å². The van der Waals surface area contributed by atoms with Crippen LogP contribution in [-0.4, -0.2) is 19.1 Å². The molecular formula is C21H25NO3. The Balaban J connectivity index is 2.09. The SMILES string of the molecule is C=C(C)COc1ccccc1NC(=O)c1cccc(OCC(C)C)c1. The van der Waals surface area contributed by atoms with Gasteiger partial charge in [0.05, 0.1) is 12.3 Å². The van der Waals surface area contributed by atoms with E-state index in [4.69, 9.17) is 9.47 Å². The summed E-state index contributed by atoms with van der Waals surface area (Å²) < 4.78 is 11.4. The van der Waals surface area contributed by atoms with Gasteiger partial charge in [0, 0.05) is 5.56 Å². The van der Waals surface area contributed by atoms with E-state index in [1.54, 1.807) is 12.1 Å². The monoisotopic (exact) mass is 339 g/mol. The molecule has 25 heavy (non-hydrogen) atoms. The van der Waals surface area contributed by atoms with E-state index < -0.39 is 0 Å². The van der Waals surface area contributed by atoms with Crippen molar-refractivity contribution in [1.29, 1.82) is 0 Å². The number of nitrogens with one attached hydrogen (secondary N) is 1. The number of hydrogen-bond acceptors (Lipinski definition) is 3. The molecule has 0 fully saturated rings. The lowest BCUT2D eigenvalue weighted by Crippen LogP contribution is -2.13. The number of ether oxygens (including phenoxy) is 2. The highest BCUT2D eigenvalue weighted by molar-refractivity contribution is 6.05. The lowest BCUT2D eigenvalue weighted by molar-refractivity contribution is 0.102. The van der Waals surface area contributed by atoms with Gasteiger partial charge < -0.3 is 14.8 Å². The zero-order chi connectivity index (χ0) is 18.2. The fraction of sp³-hybridized carbons (Fsp3) is 0.286. The van der Waals surface area contributed by atoms with Crippen LogP contribution in [0.15, 0.2) is 60.7 Å². The third kappa shape index (κ3) is 5.99. The molecule has 0 saturated heterocycles. The van der Waals surface area contributed by atoms with Crippen molar-refractivity contribution >= 4 is 11.6 Å². The van der Waals surface area contributed by atoms with Crippen LogP contribution in [0.4, 0.5) is 5.69 Å².